The van der Waals surface area contributed by atoms with E-state index in [1.54, 1.807) is 17.6 Å². The second-order valence-corrected chi connectivity index (χ2v) is 5.64. The normalized spacial score (nSPS) is 11.1. The number of hydrogen-bond acceptors (Lipinski definition) is 3. The Morgan fingerprint density at radius 1 is 1.14 bits per heavy atom. The van der Waals surface area contributed by atoms with Crippen LogP contribution in [0.2, 0.25) is 0 Å². The van der Waals surface area contributed by atoms with E-state index in [4.69, 9.17) is 0 Å². The van der Waals surface area contributed by atoms with Crippen LogP contribution in [-0.4, -0.2) is 12.1 Å². The number of fused-ring (bicyclic) bond motifs is 1. The van der Waals surface area contributed by atoms with Crippen LogP contribution in [0.25, 0.3) is 10.8 Å². The Labute approximate surface area is 126 Å². The number of nitrogens with zero attached hydrogens (tertiary/aromatic N) is 1. The fourth-order valence-electron chi connectivity index (χ4n) is 2.15. The molecule has 0 atom stereocenters. The van der Waals surface area contributed by atoms with Crippen molar-refractivity contribution in [2.75, 3.05) is 0 Å². The third-order valence-electron chi connectivity index (χ3n) is 3.28. The lowest BCUT2D eigenvalue weighted by Gasteiger charge is -2.04. The maximum Gasteiger partial charge on any atom is 0.271 e. The maximum absolute atomic E-state index is 12.3. The van der Waals surface area contributed by atoms with Crippen LogP contribution >= 0.6 is 11.3 Å². The lowest BCUT2D eigenvalue weighted by Crippen LogP contribution is -2.17. The third kappa shape index (κ3) is 2.85. The monoisotopic (exact) mass is 294 g/mol. The minimum Gasteiger partial charge on any atom is -0.267 e. The van der Waals surface area contributed by atoms with E-state index in [2.05, 4.69) is 10.5 Å². The molecule has 0 unspecified atom stereocenters. The van der Waals surface area contributed by atoms with E-state index >= 15 is 0 Å². The van der Waals surface area contributed by atoms with E-state index in [1.807, 2.05) is 60.8 Å². The number of benzene rings is 2. The van der Waals surface area contributed by atoms with Crippen molar-refractivity contribution in [3.63, 3.8) is 0 Å². The van der Waals surface area contributed by atoms with E-state index in [0.29, 0.717) is 5.56 Å². The Bertz CT molecular complexity index is 815. The van der Waals surface area contributed by atoms with Crippen molar-refractivity contribution in [1.29, 1.82) is 0 Å². The molecule has 21 heavy (non-hydrogen) atoms. The number of nitrogens with one attached hydrogen (secondary N) is 1. The molecule has 0 radical (unpaired) electrons. The van der Waals surface area contributed by atoms with Crippen molar-refractivity contribution in [3.8, 4) is 0 Å². The van der Waals surface area contributed by atoms with Gasteiger partial charge in [-0.3, -0.25) is 4.79 Å². The van der Waals surface area contributed by atoms with Crippen molar-refractivity contribution < 1.29 is 4.79 Å². The zero-order chi connectivity index (χ0) is 14.7. The smallest absolute Gasteiger partial charge is 0.267 e. The molecule has 4 heteroatoms. The van der Waals surface area contributed by atoms with Crippen LogP contribution < -0.4 is 5.43 Å². The van der Waals surface area contributed by atoms with Gasteiger partial charge in [0.25, 0.3) is 5.91 Å². The van der Waals surface area contributed by atoms with Gasteiger partial charge < -0.3 is 0 Å². The molecule has 0 spiro atoms. The van der Waals surface area contributed by atoms with Gasteiger partial charge in [0.15, 0.2) is 0 Å². The molecule has 1 aromatic heterocycles. The number of hydrazone groups is 1. The van der Waals surface area contributed by atoms with Gasteiger partial charge in [0, 0.05) is 10.4 Å². The molecule has 0 saturated carbocycles. The second-order valence-electron chi connectivity index (χ2n) is 4.69. The minimum absolute atomic E-state index is 0.197. The lowest BCUT2D eigenvalue weighted by molar-refractivity contribution is 0.0957. The Morgan fingerprint density at radius 2 is 1.95 bits per heavy atom. The molecule has 2 aromatic carbocycles. The fraction of sp³-hybridized carbons (Fsp3) is 0.0588. The Hall–Kier alpha value is -2.46. The number of thiophene rings is 1. The van der Waals surface area contributed by atoms with Crippen molar-refractivity contribution in [1.82, 2.24) is 5.43 Å². The Kier molecular flexibility index (Phi) is 3.79. The first-order valence-electron chi connectivity index (χ1n) is 6.61. The van der Waals surface area contributed by atoms with Gasteiger partial charge in [-0.1, -0.05) is 36.4 Å². The van der Waals surface area contributed by atoms with Crippen LogP contribution in [-0.2, 0) is 0 Å². The third-order valence-corrected chi connectivity index (χ3v) is 4.24. The maximum atomic E-state index is 12.3. The lowest BCUT2D eigenvalue weighted by atomic mass is 10.0. The summed E-state index contributed by atoms with van der Waals surface area (Å²) >= 11 is 1.60. The van der Waals surface area contributed by atoms with Crippen LogP contribution in [0, 0.1) is 6.92 Å². The Morgan fingerprint density at radius 3 is 2.76 bits per heavy atom. The molecule has 1 amide bonds. The van der Waals surface area contributed by atoms with Crippen LogP contribution in [0.1, 0.15) is 20.8 Å². The van der Waals surface area contributed by atoms with Gasteiger partial charge >= 0.3 is 0 Å². The topological polar surface area (TPSA) is 41.5 Å². The van der Waals surface area contributed by atoms with Gasteiger partial charge in [-0.25, -0.2) is 5.43 Å². The van der Waals surface area contributed by atoms with E-state index in [1.165, 1.54) is 0 Å². The average molecular weight is 294 g/mol. The first-order valence-corrected chi connectivity index (χ1v) is 7.49. The van der Waals surface area contributed by atoms with Crippen LogP contribution in [0.5, 0.6) is 0 Å². The fourth-order valence-corrected chi connectivity index (χ4v) is 2.94. The highest BCUT2D eigenvalue weighted by molar-refractivity contribution is 7.11. The van der Waals surface area contributed by atoms with Crippen LogP contribution in [0.15, 0.2) is 59.0 Å². The van der Waals surface area contributed by atoms with E-state index in [9.17, 15) is 4.79 Å². The van der Waals surface area contributed by atoms with Gasteiger partial charge in [-0.05, 0) is 40.8 Å². The molecule has 0 aliphatic rings. The van der Waals surface area contributed by atoms with Gasteiger partial charge in [0.2, 0.25) is 0 Å². The number of aryl methyl sites for hydroxylation is 1. The first-order chi connectivity index (χ1) is 10.3. The number of amides is 1. The summed E-state index contributed by atoms with van der Waals surface area (Å²) in [7, 11) is 0. The molecule has 3 nitrogen and oxygen atoms in total. The molecule has 0 aliphatic heterocycles. The van der Waals surface area contributed by atoms with Crippen molar-refractivity contribution in [2.24, 2.45) is 5.10 Å². The number of hydrogen-bond donors (Lipinski definition) is 1. The second kappa shape index (κ2) is 5.89. The molecule has 0 bridgehead atoms. The molecule has 1 heterocycles. The highest BCUT2D eigenvalue weighted by Gasteiger charge is 2.08. The van der Waals surface area contributed by atoms with E-state index in [0.717, 1.165) is 21.2 Å². The summed E-state index contributed by atoms with van der Waals surface area (Å²) in [6, 6.07) is 15.5. The number of rotatable bonds is 3. The summed E-state index contributed by atoms with van der Waals surface area (Å²) in [5, 5.41) is 8.02. The van der Waals surface area contributed by atoms with Gasteiger partial charge in [0.05, 0.1) is 6.21 Å². The van der Waals surface area contributed by atoms with Crippen molar-refractivity contribution in [2.45, 2.75) is 6.92 Å². The summed E-state index contributed by atoms with van der Waals surface area (Å²) in [5.41, 5.74) is 4.38. The summed E-state index contributed by atoms with van der Waals surface area (Å²) in [6.45, 7) is 2.02. The zero-order valence-electron chi connectivity index (χ0n) is 11.5. The van der Waals surface area contributed by atoms with Crippen molar-refractivity contribution >= 4 is 34.2 Å². The molecule has 0 saturated heterocycles. The summed E-state index contributed by atoms with van der Waals surface area (Å²) in [4.78, 5) is 13.3. The van der Waals surface area contributed by atoms with E-state index in [-0.39, 0.29) is 5.91 Å². The minimum atomic E-state index is -0.197. The molecule has 3 rings (SSSR count). The number of carbonyl (C=O) groups excluding carboxylic acids is 1. The molecule has 1 N–H and O–H groups in total. The van der Waals surface area contributed by atoms with Crippen LogP contribution in [0.4, 0.5) is 0 Å². The molecular weight excluding hydrogens is 280 g/mol. The predicted molar refractivity (Wildman–Crippen MR) is 88.1 cm³/mol. The molecule has 0 fully saturated rings. The molecular formula is C17H14N2OS. The number of carbonyl (C=O) groups is 1. The molecule has 3 aromatic rings. The first kappa shape index (κ1) is 13.5. The van der Waals surface area contributed by atoms with Crippen LogP contribution in [0.3, 0.4) is 0 Å². The summed E-state index contributed by atoms with van der Waals surface area (Å²) in [6.07, 6.45) is 1.68. The largest absolute Gasteiger partial charge is 0.271 e. The van der Waals surface area contributed by atoms with Crippen molar-refractivity contribution in [3.05, 3.63) is 69.9 Å². The van der Waals surface area contributed by atoms with E-state index < -0.39 is 0 Å². The van der Waals surface area contributed by atoms with Gasteiger partial charge in [-0.15, -0.1) is 11.3 Å². The van der Waals surface area contributed by atoms with Gasteiger partial charge in [0.1, 0.15) is 0 Å². The van der Waals surface area contributed by atoms with Gasteiger partial charge in [-0.2, -0.15) is 5.10 Å². The Balaban J connectivity index is 1.82. The highest BCUT2D eigenvalue weighted by Crippen LogP contribution is 2.18. The summed E-state index contributed by atoms with van der Waals surface area (Å²) in [5.74, 6) is -0.197. The SMILES string of the molecule is Cc1ccsc1/C=N\NC(=O)c1cccc2ccccc12. The molecule has 0 aliphatic carbocycles. The zero-order valence-corrected chi connectivity index (χ0v) is 12.4. The molecule has 104 valence electrons. The highest BCUT2D eigenvalue weighted by atomic mass is 32.1. The average Bonchev–Trinajstić information content (AvgIpc) is 2.92. The quantitative estimate of drug-likeness (QED) is 0.576. The standard InChI is InChI=1S/C17H14N2OS/c1-12-9-10-21-16(12)11-18-19-17(20)15-8-4-6-13-5-2-3-7-14(13)15/h2-11H,1H3,(H,19,20)/b18-11-. The predicted octanol–water partition coefficient (Wildman–Crippen LogP) is 3.97. The summed E-state index contributed by atoms with van der Waals surface area (Å²) < 4.78 is 0.